The number of hydrogen-bond donors (Lipinski definition) is 0. The molecule has 3 aromatic carbocycles. The first-order chi connectivity index (χ1) is 14.6. The molecule has 0 spiro atoms. The Balaban J connectivity index is 1.82. The lowest BCUT2D eigenvalue weighted by atomic mass is 10.1. The second-order valence-corrected chi connectivity index (χ2v) is 8.78. The monoisotopic (exact) mass is 488 g/mol. The Kier molecular flexibility index (Phi) is 7.29. The first kappa shape index (κ1) is 23.6. The molecule has 1 unspecified atom stereocenters. The highest BCUT2D eigenvalue weighted by molar-refractivity contribution is 8.00. The summed E-state index contributed by atoms with van der Waals surface area (Å²) in [7, 11) is 0. The number of benzene rings is 3. The maximum Gasteiger partial charge on any atom is 0.416 e. The number of carbonyl (C=O) groups excluding carboxylic acids is 1. The molecule has 0 aromatic heterocycles. The summed E-state index contributed by atoms with van der Waals surface area (Å²) in [5.41, 5.74) is -0.949. The van der Waals surface area contributed by atoms with E-state index in [1.807, 2.05) is 18.2 Å². The van der Waals surface area contributed by atoms with Crippen molar-refractivity contribution in [2.45, 2.75) is 30.2 Å². The van der Waals surface area contributed by atoms with Crippen molar-refractivity contribution in [3.05, 3.63) is 64.1 Å². The van der Waals surface area contributed by atoms with E-state index in [2.05, 4.69) is 0 Å². The Labute approximate surface area is 191 Å². The van der Waals surface area contributed by atoms with E-state index in [0.29, 0.717) is 12.4 Å². The summed E-state index contributed by atoms with van der Waals surface area (Å²) < 4.78 is 49.4. The number of thioether (sulfide) groups is 1. The van der Waals surface area contributed by atoms with Gasteiger partial charge in [-0.3, -0.25) is 4.79 Å². The van der Waals surface area contributed by atoms with Gasteiger partial charge in [0.25, 0.3) is 0 Å². The van der Waals surface area contributed by atoms with E-state index < -0.39 is 11.7 Å². The van der Waals surface area contributed by atoms with Crippen molar-refractivity contribution in [1.29, 1.82) is 0 Å². The molecule has 3 nitrogen and oxygen atoms in total. The lowest BCUT2D eigenvalue weighted by Crippen LogP contribution is -2.16. The van der Waals surface area contributed by atoms with Gasteiger partial charge in [0.15, 0.2) is 5.75 Å². The average molecular weight is 489 g/mol. The van der Waals surface area contributed by atoms with Gasteiger partial charge in [0.1, 0.15) is 11.0 Å². The van der Waals surface area contributed by atoms with E-state index in [4.69, 9.17) is 32.7 Å². The van der Waals surface area contributed by atoms with Crippen LogP contribution in [0.5, 0.6) is 11.5 Å². The number of ether oxygens (including phenoxy) is 2. The Bertz CT molecular complexity index is 1100. The van der Waals surface area contributed by atoms with Crippen LogP contribution in [0.15, 0.2) is 53.4 Å². The molecule has 3 aromatic rings. The van der Waals surface area contributed by atoms with Gasteiger partial charge in [0.2, 0.25) is 0 Å². The molecular weight excluding hydrogens is 472 g/mol. The third kappa shape index (κ3) is 5.79. The summed E-state index contributed by atoms with van der Waals surface area (Å²) in [6.45, 7) is 3.87. The Morgan fingerprint density at radius 2 is 1.65 bits per heavy atom. The maximum absolute atomic E-state index is 12.9. The van der Waals surface area contributed by atoms with E-state index in [0.717, 1.165) is 27.8 Å². The van der Waals surface area contributed by atoms with E-state index in [-0.39, 0.29) is 27.0 Å². The van der Waals surface area contributed by atoms with Crippen LogP contribution in [0.3, 0.4) is 0 Å². The van der Waals surface area contributed by atoms with E-state index in [1.165, 1.54) is 11.8 Å². The molecule has 31 heavy (non-hydrogen) atoms. The van der Waals surface area contributed by atoms with Crippen LogP contribution >= 0.6 is 35.0 Å². The molecule has 0 saturated carbocycles. The zero-order valence-corrected chi connectivity index (χ0v) is 18.8. The van der Waals surface area contributed by atoms with Gasteiger partial charge in [0, 0.05) is 4.90 Å². The number of esters is 1. The molecule has 0 amide bonds. The third-order valence-corrected chi connectivity index (χ3v) is 5.89. The quantitative estimate of drug-likeness (QED) is 0.260. The zero-order valence-electron chi connectivity index (χ0n) is 16.4. The van der Waals surface area contributed by atoms with Crippen molar-refractivity contribution in [2.24, 2.45) is 0 Å². The van der Waals surface area contributed by atoms with Gasteiger partial charge in [0.05, 0.1) is 22.2 Å². The first-order valence-corrected chi connectivity index (χ1v) is 10.8. The molecule has 164 valence electrons. The largest absolute Gasteiger partial charge is 0.465 e. The highest BCUT2D eigenvalue weighted by Crippen LogP contribution is 2.42. The van der Waals surface area contributed by atoms with Crippen LogP contribution in [0.2, 0.25) is 10.0 Å². The molecule has 0 heterocycles. The van der Waals surface area contributed by atoms with Crippen LogP contribution in [-0.4, -0.2) is 17.8 Å². The zero-order chi connectivity index (χ0) is 22.8. The molecule has 0 bridgehead atoms. The number of carbonyl (C=O) groups is 1. The Hall–Kier alpha value is -2.09. The molecule has 0 fully saturated rings. The van der Waals surface area contributed by atoms with Crippen molar-refractivity contribution < 1.29 is 27.4 Å². The van der Waals surface area contributed by atoms with Crippen LogP contribution in [0.1, 0.15) is 19.4 Å². The minimum absolute atomic E-state index is 0.0499. The molecule has 3 rings (SSSR count). The standard InChI is InChI=1S/C22H17Cl2F3O3S/c1-3-29-21(28)12(2)31-17-7-5-13-8-16(6-4-14(13)9-17)30-20-18(23)10-15(11-19(20)24)22(25,26)27/h4-12H,3H2,1-2H3. The second-order valence-electron chi connectivity index (χ2n) is 6.55. The van der Waals surface area contributed by atoms with E-state index >= 15 is 0 Å². The van der Waals surface area contributed by atoms with E-state index in [9.17, 15) is 18.0 Å². The first-order valence-electron chi connectivity index (χ1n) is 9.19. The highest BCUT2D eigenvalue weighted by Gasteiger charge is 2.32. The summed E-state index contributed by atoms with van der Waals surface area (Å²) in [5, 5.41) is 0.922. The number of hydrogen-bond acceptors (Lipinski definition) is 4. The van der Waals surface area contributed by atoms with Crippen LogP contribution < -0.4 is 4.74 Å². The van der Waals surface area contributed by atoms with Crippen molar-refractivity contribution in [3.8, 4) is 11.5 Å². The number of halogens is 5. The van der Waals surface area contributed by atoms with Gasteiger partial charge in [-0.25, -0.2) is 0 Å². The molecule has 0 aliphatic heterocycles. The SMILES string of the molecule is CCOC(=O)C(C)Sc1ccc2cc(Oc3c(Cl)cc(C(F)(F)F)cc3Cl)ccc2c1. The third-order valence-electron chi connectivity index (χ3n) is 4.26. The molecular formula is C22H17Cl2F3O3S. The fourth-order valence-electron chi connectivity index (χ4n) is 2.79. The lowest BCUT2D eigenvalue weighted by Gasteiger charge is -2.14. The molecule has 1 atom stereocenters. The molecule has 0 radical (unpaired) electrons. The number of fused-ring (bicyclic) bond motifs is 1. The normalized spacial score (nSPS) is 12.6. The van der Waals surface area contributed by atoms with Crippen molar-refractivity contribution in [1.82, 2.24) is 0 Å². The Morgan fingerprint density at radius 1 is 1.03 bits per heavy atom. The predicted octanol–water partition coefficient (Wildman–Crippen LogP) is 8.00. The topological polar surface area (TPSA) is 35.5 Å². The van der Waals surface area contributed by atoms with Gasteiger partial charge >= 0.3 is 12.1 Å². The predicted molar refractivity (Wildman–Crippen MR) is 117 cm³/mol. The Morgan fingerprint density at radius 3 is 2.26 bits per heavy atom. The minimum atomic E-state index is -4.56. The van der Waals surface area contributed by atoms with Crippen molar-refractivity contribution >= 4 is 51.7 Å². The molecule has 0 N–H and O–H groups in total. The van der Waals surface area contributed by atoms with E-state index in [1.54, 1.807) is 32.0 Å². The fourth-order valence-corrected chi connectivity index (χ4v) is 4.27. The maximum atomic E-state index is 12.9. The number of rotatable bonds is 6. The van der Waals surface area contributed by atoms with Crippen LogP contribution in [0, 0.1) is 0 Å². The van der Waals surface area contributed by atoms with Crippen LogP contribution in [0.25, 0.3) is 10.8 Å². The molecule has 0 saturated heterocycles. The molecule has 0 aliphatic rings. The fraction of sp³-hybridized carbons (Fsp3) is 0.227. The number of alkyl halides is 3. The van der Waals surface area contributed by atoms with Gasteiger partial charge in [-0.05, 0) is 61.0 Å². The van der Waals surface area contributed by atoms with Gasteiger partial charge in [-0.2, -0.15) is 13.2 Å². The smallest absolute Gasteiger partial charge is 0.416 e. The van der Waals surface area contributed by atoms with Crippen molar-refractivity contribution in [3.63, 3.8) is 0 Å². The molecule has 9 heteroatoms. The summed E-state index contributed by atoms with van der Waals surface area (Å²) in [5.74, 6) is 0.0455. The average Bonchev–Trinajstić information content (AvgIpc) is 2.70. The van der Waals surface area contributed by atoms with Crippen molar-refractivity contribution in [2.75, 3.05) is 6.61 Å². The van der Waals surface area contributed by atoms with Gasteiger partial charge in [-0.15, -0.1) is 11.8 Å². The van der Waals surface area contributed by atoms with Gasteiger partial charge in [-0.1, -0.05) is 35.3 Å². The molecule has 0 aliphatic carbocycles. The summed E-state index contributed by atoms with van der Waals surface area (Å²) >= 11 is 13.3. The summed E-state index contributed by atoms with van der Waals surface area (Å²) in [4.78, 5) is 12.7. The minimum Gasteiger partial charge on any atom is -0.465 e. The summed E-state index contributed by atoms with van der Waals surface area (Å²) in [6, 6.07) is 12.4. The highest BCUT2D eigenvalue weighted by atomic mass is 35.5. The second kappa shape index (κ2) is 9.59. The van der Waals surface area contributed by atoms with Crippen LogP contribution in [0.4, 0.5) is 13.2 Å². The van der Waals surface area contributed by atoms with Crippen LogP contribution in [-0.2, 0) is 15.7 Å². The summed E-state index contributed by atoms with van der Waals surface area (Å²) in [6.07, 6.45) is -4.56. The van der Waals surface area contributed by atoms with Gasteiger partial charge < -0.3 is 9.47 Å². The lowest BCUT2D eigenvalue weighted by molar-refractivity contribution is -0.142.